The van der Waals surface area contributed by atoms with Crippen molar-refractivity contribution in [2.24, 2.45) is 0 Å². The highest BCUT2D eigenvalue weighted by Gasteiger charge is 2.43. The van der Waals surface area contributed by atoms with E-state index in [0.29, 0.717) is 5.56 Å². The lowest BCUT2D eigenvalue weighted by Crippen LogP contribution is -2.40. The van der Waals surface area contributed by atoms with E-state index in [1.54, 1.807) is 0 Å². The lowest BCUT2D eigenvalue weighted by atomic mass is 10.0. The zero-order valence-electron chi connectivity index (χ0n) is 18.8. The third-order valence-electron chi connectivity index (χ3n) is 5.77. The third-order valence-corrected chi connectivity index (χ3v) is 8.00. The van der Waals surface area contributed by atoms with Gasteiger partial charge in [0.2, 0.25) is 15.8 Å². The predicted octanol–water partition coefficient (Wildman–Crippen LogP) is 4.65. The van der Waals surface area contributed by atoms with E-state index in [2.05, 4.69) is 15.0 Å². The molecule has 0 saturated carbocycles. The Hall–Kier alpha value is -3.03. The van der Waals surface area contributed by atoms with Crippen molar-refractivity contribution in [1.82, 2.24) is 19.3 Å². The molecule has 0 amide bonds. The second kappa shape index (κ2) is 10.4. The Labute approximate surface area is 213 Å². The van der Waals surface area contributed by atoms with Gasteiger partial charge in [-0.15, -0.1) is 0 Å². The zero-order valence-corrected chi connectivity index (χ0v) is 20.4. The van der Waals surface area contributed by atoms with Crippen LogP contribution in [-0.2, 0) is 27.4 Å². The number of pyridine rings is 1. The number of carbonyl (C=O) groups is 1. The number of aromatic nitrogens is 3. The molecule has 3 heterocycles. The maximum Gasteiger partial charge on any atom is 0.451 e. The molecule has 1 fully saturated rings. The van der Waals surface area contributed by atoms with Crippen molar-refractivity contribution >= 4 is 27.4 Å². The van der Waals surface area contributed by atoms with Crippen LogP contribution in [0, 0.1) is 5.82 Å². The Bertz CT molecular complexity index is 1400. The van der Waals surface area contributed by atoms with Crippen molar-refractivity contribution in [3.8, 4) is 11.3 Å². The minimum absolute atomic E-state index is 0.0343. The summed E-state index contributed by atoms with van der Waals surface area (Å²) in [5, 5.41) is 0.176. The number of Topliss-reactive ketones (excluding diaryl/α,β-unsaturated/α-hetero) is 1. The fraction of sp³-hybridized carbons (Fsp3) is 0.304. The summed E-state index contributed by atoms with van der Waals surface area (Å²) in [5.41, 5.74) is 0.818. The van der Waals surface area contributed by atoms with E-state index in [9.17, 15) is 35.2 Å². The van der Waals surface area contributed by atoms with Crippen LogP contribution >= 0.6 is 11.6 Å². The van der Waals surface area contributed by atoms with Crippen LogP contribution in [-0.4, -0.2) is 52.2 Å². The minimum atomic E-state index is -4.70. The van der Waals surface area contributed by atoms with E-state index in [4.69, 9.17) is 11.6 Å². The molecule has 14 heteroatoms. The van der Waals surface area contributed by atoms with Crippen LogP contribution in [0.5, 0.6) is 0 Å². The number of ketones is 1. The van der Waals surface area contributed by atoms with E-state index in [0.717, 1.165) is 41.0 Å². The fourth-order valence-corrected chi connectivity index (χ4v) is 5.76. The van der Waals surface area contributed by atoms with Gasteiger partial charge in [-0.1, -0.05) is 11.6 Å². The molecule has 7 nitrogen and oxygen atoms in total. The van der Waals surface area contributed by atoms with Crippen LogP contribution in [0.1, 0.15) is 24.2 Å². The van der Waals surface area contributed by atoms with Gasteiger partial charge in [0.15, 0.2) is 5.78 Å². The van der Waals surface area contributed by atoms with E-state index in [-0.39, 0.29) is 40.4 Å². The van der Waals surface area contributed by atoms with Crippen molar-refractivity contribution < 1.29 is 35.2 Å². The van der Waals surface area contributed by atoms with Gasteiger partial charge in [-0.05, 0) is 42.3 Å². The average Bonchev–Trinajstić information content (AvgIpc) is 3.26. The van der Waals surface area contributed by atoms with Crippen LogP contribution in [0.2, 0.25) is 5.02 Å². The Morgan fingerprint density at radius 2 is 1.73 bits per heavy atom. The SMILES string of the molecule is O=C(CCc1cc(-c2cnc(C(F)(F)F)nc2)ncc1Cl)[C@@H]1C[C@@H](F)CN1S(=O)(=O)c1ccc(F)cc1. The largest absolute Gasteiger partial charge is 0.451 e. The molecule has 0 unspecified atom stereocenters. The van der Waals surface area contributed by atoms with Crippen LogP contribution in [0.3, 0.4) is 0 Å². The molecular formula is C23H18ClF5N4O3S. The van der Waals surface area contributed by atoms with E-state index in [1.807, 2.05) is 0 Å². The molecule has 0 aliphatic carbocycles. The van der Waals surface area contributed by atoms with Gasteiger partial charge < -0.3 is 0 Å². The monoisotopic (exact) mass is 560 g/mol. The lowest BCUT2D eigenvalue weighted by Gasteiger charge is -2.23. The number of sulfonamides is 1. The van der Waals surface area contributed by atoms with Crippen LogP contribution in [0.25, 0.3) is 11.3 Å². The number of benzene rings is 1. The first-order valence-corrected chi connectivity index (χ1v) is 12.7. The first-order valence-electron chi connectivity index (χ1n) is 10.8. The highest BCUT2D eigenvalue weighted by atomic mass is 35.5. The standard InChI is InChI=1S/C23H18ClF5N4O3S/c24-18-11-30-19(14-9-31-22(32-10-14)23(27,28)29)7-13(18)1-6-21(34)20-8-16(26)12-33(20)37(35,36)17-4-2-15(25)3-5-17/h2-5,7,9-11,16,20H,1,6,8,12H2/t16-,20+/m1/s1. The second-order valence-corrected chi connectivity index (χ2v) is 10.6. The number of rotatable bonds is 7. The van der Waals surface area contributed by atoms with Crippen molar-refractivity contribution in [1.29, 1.82) is 0 Å². The molecular weight excluding hydrogens is 543 g/mol. The van der Waals surface area contributed by atoms with E-state index < -0.39 is 52.4 Å². The summed E-state index contributed by atoms with van der Waals surface area (Å²) in [5.74, 6) is -2.50. The normalized spacial score (nSPS) is 18.8. The van der Waals surface area contributed by atoms with Gasteiger partial charge in [0.25, 0.3) is 0 Å². The molecule has 0 bridgehead atoms. The number of aryl methyl sites for hydroxylation is 1. The number of alkyl halides is 4. The zero-order chi connectivity index (χ0) is 27.0. The quantitative estimate of drug-likeness (QED) is 0.391. The van der Waals surface area contributed by atoms with Crippen LogP contribution < -0.4 is 0 Å². The second-order valence-electron chi connectivity index (χ2n) is 8.30. The van der Waals surface area contributed by atoms with Gasteiger partial charge in [-0.25, -0.2) is 27.2 Å². The summed E-state index contributed by atoms with van der Waals surface area (Å²) in [7, 11) is -4.25. The van der Waals surface area contributed by atoms with Gasteiger partial charge >= 0.3 is 6.18 Å². The molecule has 0 radical (unpaired) electrons. The fourth-order valence-electron chi connectivity index (χ4n) is 3.92. The molecule has 1 saturated heterocycles. The number of carbonyl (C=O) groups excluding carboxylic acids is 1. The van der Waals surface area contributed by atoms with Gasteiger partial charge in [-0.3, -0.25) is 9.78 Å². The molecule has 2 atom stereocenters. The van der Waals surface area contributed by atoms with Gasteiger partial charge in [-0.2, -0.15) is 17.5 Å². The van der Waals surface area contributed by atoms with Gasteiger partial charge in [0.05, 0.1) is 21.7 Å². The highest BCUT2D eigenvalue weighted by Crippen LogP contribution is 2.31. The minimum Gasteiger partial charge on any atom is -0.298 e. The van der Waals surface area contributed by atoms with Gasteiger partial charge in [0, 0.05) is 43.5 Å². The van der Waals surface area contributed by atoms with E-state index >= 15 is 0 Å². The molecule has 1 aliphatic heterocycles. The first kappa shape index (κ1) is 27.0. The lowest BCUT2D eigenvalue weighted by molar-refractivity contribution is -0.145. The smallest absolute Gasteiger partial charge is 0.298 e. The van der Waals surface area contributed by atoms with Crippen molar-refractivity contribution in [2.45, 2.75) is 42.5 Å². The summed E-state index contributed by atoms with van der Waals surface area (Å²) >= 11 is 6.18. The molecule has 1 aromatic carbocycles. The molecule has 0 spiro atoms. The Morgan fingerprint density at radius 3 is 2.35 bits per heavy atom. The topological polar surface area (TPSA) is 93.1 Å². The number of nitrogens with zero attached hydrogens (tertiary/aromatic N) is 4. The molecule has 1 aliphatic rings. The maximum absolute atomic E-state index is 14.2. The molecule has 0 N–H and O–H groups in total. The predicted molar refractivity (Wildman–Crippen MR) is 122 cm³/mol. The first-order chi connectivity index (χ1) is 17.4. The summed E-state index contributed by atoms with van der Waals surface area (Å²) in [6.07, 6.45) is -3.57. The molecule has 196 valence electrons. The average molecular weight is 561 g/mol. The molecule has 3 aromatic rings. The number of halogens is 6. The summed E-state index contributed by atoms with van der Waals surface area (Å²) in [4.78, 5) is 23.4. The summed E-state index contributed by atoms with van der Waals surface area (Å²) in [6.45, 7) is -0.510. The molecule has 2 aromatic heterocycles. The number of hydrogen-bond acceptors (Lipinski definition) is 6. The summed E-state index contributed by atoms with van der Waals surface area (Å²) in [6, 6.07) is 4.20. The molecule has 4 rings (SSSR count). The van der Waals surface area contributed by atoms with Crippen molar-refractivity contribution in [3.63, 3.8) is 0 Å². The summed E-state index contributed by atoms with van der Waals surface area (Å²) < 4.78 is 92.4. The Kier molecular flexibility index (Phi) is 7.58. The third kappa shape index (κ3) is 5.94. The Balaban J connectivity index is 1.50. The Morgan fingerprint density at radius 1 is 1.08 bits per heavy atom. The number of hydrogen-bond donors (Lipinski definition) is 0. The maximum atomic E-state index is 14.2. The molecule has 37 heavy (non-hydrogen) atoms. The van der Waals surface area contributed by atoms with Crippen LogP contribution in [0.15, 0.2) is 53.8 Å². The van der Waals surface area contributed by atoms with Crippen molar-refractivity contribution in [2.75, 3.05) is 6.54 Å². The van der Waals surface area contributed by atoms with Crippen molar-refractivity contribution in [3.05, 3.63) is 71.2 Å². The van der Waals surface area contributed by atoms with Crippen LogP contribution in [0.4, 0.5) is 22.0 Å². The highest BCUT2D eigenvalue weighted by molar-refractivity contribution is 7.89. The van der Waals surface area contributed by atoms with E-state index in [1.165, 1.54) is 12.3 Å². The van der Waals surface area contributed by atoms with Gasteiger partial charge in [0.1, 0.15) is 12.0 Å².